The van der Waals surface area contributed by atoms with E-state index in [4.69, 9.17) is 19.7 Å². The minimum Gasteiger partial charge on any atom is -0.493 e. The molecule has 0 amide bonds. The normalized spacial score (nSPS) is 15.4. The highest BCUT2D eigenvalue weighted by molar-refractivity contribution is 5.74. The third-order valence-electron chi connectivity index (χ3n) is 3.67. The molecule has 5 nitrogen and oxygen atoms in total. The summed E-state index contributed by atoms with van der Waals surface area (Å²) in [6.45, 7) is 0. The number of benzene rings is 1. The Hall–Kier alpha value is -2.17. The van der Waals surface area contributed by atoms with E-state index in [0.29, 0.717) is 5.88 Å². The summed E-state index contributed by atoms with van der Waals surface area (Å²) in [5.74, 6) is 1.79. The highest BCUT2D eigenvalue weighted by Gasteiger charge is 2.19. The lowest BCUT2D eigenvalue weighted by Gasteiger charge is -2.16. The predicted octanol–water partition coefficient (Wildman–Crippen LogP) is 3.25. The lowest BCUT2D eigenvalue weighted by molar-refractivity contribution is 0.201. The molecule has 5 heteroatoms. The van der Waals surface area contributed by atoms with E-state index < -0.39 is 0 Å². The van der Waals surface area contributed by atoms with Gasteiger partial charge in [0.15, 0.2) is 11.5 Å². The Bertz CT molecular complexity index is 589. The molecule has 0 atom stereocenters. The van der Waals surface area contributed by atoms with E-state index in [1.165, 1.54) is 12.8 Å². The molecule has 1 saturated carbocycles. The van der Waals surface area contributed by atoms with E-state index in [9.17, 15) is 0 Å². The lowest BCUT2D eigenvalue weighted by Crippen LogP contribution is -2.11. The van der Waals surface area contributed by atoms with Gasteiger partial charge in [-0.2, -0.15) is 0 Å². The van der Waals surface area contributed by atoms with Gasteiger partial charge < -0.3 is 19.7 Å². The van der Waals surface area contributed by atoms with E-state index in [2.05, 4.69) is 5.16 Å². The zero-order chi connectivity index (χ0) is 13.9. The molecule has 1 aromatic carbocycles. The topological polar surface area (TPSA) is 70.5 Å². The van der Waals surface area contributed by atoms with Gasteiger partial charge in [-0.15, -0.1) is 0 Å². The smallest absolute Gasteiger partial charge is 0.229 e. The van der Waals surface area contributed by atoms with E-state index in [-0.39, 0.29) is 6.10 Å². The number of methoxy groups -OCH3 is 1. The van der Waals surface area contributed by atoms with Crippen molar-refractivity contribution in [3.8, 4) is 22.6 Å². The van der Waals surface area contributed by atoms with Crippen molar-refractivity contribution in [2.45, 2.75) is 31.8 Å². The molecule has 1 aliphatic carbocycles. The number of rotatable bonds is 4. The SMILES string of the molecule is COc1ccc(-c2cnoc2N)cc1OC1CCCC1. The average Bonchev–Trinajstić information content (AvgIpc) is 3.10. The monoisotopic (exact) mass is 274 g/mol. The molecule has 1 fully saturated rings. The van der Waals surface area contributed by atoms with Crippen molar-refractivity contribution in [1.29, 1.82) is 0 Å². The van der Waals surface area contributed by atoms with Crippen LogP contribution in [0.25, 0.3) is 11.1 Å². The van der Waals surface area contributed by atoms with Gasteiger partial charge in [0.25, 0.3) is 0 Å². The molecular formula is C15H18N2O3. The molecule has 0 aliphatic heterocycles. The molecule has 2 aromatic rings. The van der Waals surface area contributed by atoms with Crippen LogP contribution in [0.1, 0.15) is 25.7 Å². The van der Waals surface area contributed by atoms with Crippen LogP contribution in [0.4, 0.5) is 5.88 Å². The van der Waals surface area contributed by atoms with Crippen LogP contribution in [-0.4, -0.2) is 18.4 Å². The second-order valence-corrected chi connectivity index (χ2v) is 4.99. The van der Waals surface area contributed by atoms with Crippen LogP contribution in [-0.2, 0) is 0 Å². The number of nitrogens with zero attached hydrogens (tertiary/aromatic N) is 1. The summed E-state index contributed by atoms with van der Waals surface area (Å²) in [4.78, 5) is 0. The quantitative estimate of drug-likeness (QED) is 0.926. The molecule has 0 saturated heterocycles. The van der Waals surface area contributed by atoms with Gasteiger partial charge in [-0.05, 0) is 43.4 Å². The van der Waals surface area contributed by atoms with Crippen molar-refractivity contribution in [2.24, 2.45) is 0 Å². The number of hydrogen-bond donors (Lipinski definition) is 1. The van der Waals surface area contributed by atoms with Gasteiger partial charge in [0.2, 0.25) is 5.88 Å². The molecule has 3 rings (SSSR count). The second-order valence-electron chi connectivity index (χ2n) is 4.99. The number of anilines is 1. The minimum absolute atomic E-state index is 0.277. The standard InChI is InChI=1S/C15H18N2O3/c1-18-13-7-6-10(12-9-17-20-15(12)16)8-14(13)19-11-4-2-3-5-11/h6-9,11H,2-5,16H2,1H3. The molecule has 0 radical (unpaired) electrons. The summed E-state index contributed by atoms with van der Waals surface area (Å²) >= 11 is 0. The van der Waals surface area contributed by atoms with Crippen molar-refractivity contribution in [2.75, 3.05) is 12.8 Å². The second kappa shape index (κ2) is 5.45. The number of ether oxygens (including phenoxy) is 2. The summed E-state index contributed by atoms with van der Waals surface area (Å²) in [7, 11) is 1.64. The average molecular weight is 274 g/mol. The van der Waals surface area contributed by atoms with Gasteiger partial charge in [0.05, 0.1) is 25.0 Å². The fourth-order valence-corrected chi connectivity index (χ4v) is 2.59. The van der Waals surface area contributed by atoms with Crippen molar-refractivity contribution in [3.63, 3.8) is 0 Å². The maximum atomic E-state index is 6.06. The molecule has 106 valence electrons. The van der Waals surface area contributed by atoms with Crippen molar-refractivity contribution < 1.29 is 14.0 Å². The molecule has 0 unspecified atom stereocenters. The number of aromatic nitrogens is 1. The highest BCUT2D eigenvalue weighted by Crippen LogP contribution is 2.36. The Balaban J connectivity index is 1.92. The molecular weight excluding hydrogens is 256 g/mol. The number of nitrogens with two attached hydrogens (primary N) is 1. The zero-order valence-corrected chi connectivity index (χ0v) is 11.5. The first kappa shape index (κ1) is 12.8. The Morgan fingerprint density at radius 2 is 2.05 bits per heavy atom. The molecule has 1 aliphatic rings. The van der Waals surface area contributed by atoms with Gasteiger partial charge in [-0.1, -0.05) is 11.2 Å². The first-order valence-corrected chi connectivity index (χ1v) is 6.83. The first-order chi connectivity index (χ1) is 9.78. The van der Waals surface area contributed by atoms with Gasteiger partial charge >= 0.3 is 0 Å². The Labute approximate surface area is 117 Å². The van der Waals surface area contributed by atoms with E-state index in [1.54, 1.807) is 13.3 Å². The predicted molar refractivity (Wildman–Crippen MR) is 75.8 cm³/mol. The van der Waals surface area contributed by atoms with Gasteiger partial charge in [0.1, 0.15) is 0 Å². The summed E-state index contributed by atoms with van der Waals surface area (Å²) < 4.78 is 16.3. The molecule has 20 heavy (non-hydrogen) atoms. The van der Waals surface area contributed by atoms with Crippen LogP contribution in [0.2, 0.25) is 0 Å². The highest BCUT2D eigenvalue weighted by atomic mass is 16.5. The summed E-state index contributed by atoms with van der Waals surface area (Å²) in [6, 6.07) is 5.73. The van der Waals surface area contributed by atoms with Crippen LogP contribution in [0.15, 0.2) is 28.9 Å². The van der Waals surface area contributed by atoms with E-state index in [0.717, 1.165) is 35.5 Å². The van der Waals surface area contributed by atoms with E-state index in [1.807, 2.05) is 18.2 Å². The maximum absolute atomic E-state index is 6.06. The van der Waals surface area contributed by atoms with Gasteiger partial charge in [-0.25, -0.2) is 0 Å². The number of hydrogen-bond acceptors (Lipinski definition) is 5. The third kappa shape index (κ3) is 2.43. The first-order valence-electron chi connectivity index (χ1n) is 6.83. The number of nitrogen functional groups attached to an aromatic ring is 1. The van der Waals surface area contributed by atoms with Crippen molar-refractivity contribution >= 4 is 5.88 Å². The molecule has 0 spiro atoms. The van der Waals surface area contributed by atoms with Crippen LogP contribution in [0.5, 0.6) is 11.5 Å². The molecule has 2 N–H and O–H groups in total. The minimum atomic E-state index is 0.277. The van der Waals surface area contributed by atoms with E-state index >= 15 is 0 Å². The van der Waals surface area contributed by atoms with Crippen LogP contribution < -0.4 is 15.2 Å². The Kier molecular flexibility index (Phi) is 3.50. The Morgan fingerprint density at radius 3 is 2.70 bits per heavy atom. The zero-order valence-electron chi connectivity index (χ0n) is 11.5. The van der Waals surface area contributed by atoms with Crippen LogP contribution in [0, 0.1) is 0 Å². The summed E-state index contributed by atoms with van der Waals surface area (Å²) in [5, 5.41) is 3.70. The fourth-order valence-electron chi connectivity index (χ4n) is 2.59. The van der Waals surface area contributed by atoms with Crippen molar-refractivity contribution in [3.05, 3.63) is 24.4 Å². The summed E-state index contributed by atoms with van der Waals surface area (Å²) in [6.07, 6.45) is 6.54. The molecule has 0 bridgehead atoms. The van der Waals surface area contributed by atoms with Crippen molar-refractivity contribution in [1.82, 2.24) is 5.16 Å². The lowest BCUT2D eigenvalue weighted by atomic mass is 10.1. The summed E-state index contributed by atoms with van der Waals surface area (Å²) in [5.41, 5.74) is 7.44. The fraction of sp³-hybridized carbons (Fsp3) is 0.400. The van der Waals surface area contributed by atoms with Gasteiger partial charge in [0, 0.05) is 0 Å². The van der Waals surface area contributed by atoms with Gasteiger partial charge in [-0.3, -0.25) is 0 Å². The largest absolute Gasteiger partial charge is 0.493 e. The van der Waals surface area contributed by atoms with Crippen LogP contribution in [0.3, 0.4) is 0 Å². The molecule has 1 aromatic heterocycles. The van der Waals surface area contributed by atoms with Crippen LogP contribution >= 0.6 is 0 Å². The molecule has 1 heterocycles. The third-order valence-corrected chi connectivity index (χ3v) is 3.67. The maximum Gasteiger partial charge on any atom is 0.229 e. The Morgan fingerprint density at radius 1 is 1.25 bits per heavy atom.